The van der Waals surface area contributed by atoms with E-state index in [1.807, 2.05) is 6.92 Å². The van der Waals surface area contributed by atoms with E-state index < -0.39 is 44.0 Å². The van der Waals surface area contributed by atoms with Crippen LogP contribution in [0.4, 0.5) is 27.6 Å². The number of aryl methyl sites for hydroxylation is 1. The molecule has 0 saturated heterocycles. The van der Waals surface area contributed by atoms with Crippen LogP contribution in [0.1, 0.15) is 25.3 Å². The molecule has 0 heterocycles. The highest BCUT2D eigenvalue weighted by molar-refractivity contribution is 7.92. The summed E-state index contributed by atoms with van der Waals surface area (Å²) in [5.41, 5.74) is 1.00. The molecule has 0 spiro atoms. The Bertz CT molecular complexity index is 943. The first kappa shape index (κ1) is 19.6. The fraction of sp³-hybridized carbons (Fsp3) is 0.333. The number of rotatable bonds is 6. The minimum atomic E-state index is -5.02. The largest absolute Gasteiger partial charge is 0.270 e. The molecule has 0 atom stereocenters. The van der Waals surface area contributed by atoms with E-state index in [2.05, 4.69) is 0 Å². The molecule has 146 valence electrons. The van der Waals surface area contributed by atoms with Crippen molar-refractivity contribution in [2.24, 2.45) is 5.92 Å². The Morgan fingerprint density at radius 2 is 1.37 bits per heavy atom. The van der Waals surface area contributed by atoms with Crippen molar-refractivity contribution >= 4 is 15.7 Å². The third-order valence-electron chi connectivity index (χ3n) is 4.47. The van der Waals surface area contributed by atoms with Crippen LogP contribution in [0.2, 0.25) is 0 Å². The third kappa shape index (κ3) is 3.52. The molecule has 1 saturated carbocycles. The lowest BCUT2D eigenvalue weighted by atomic mass is 10.1. The summed E-state index contributed by atoms with van der Waals surface area (Å²) >= 11 is 0. The van der Waals surface area contributed by atoms with Crippen molar-refractivity contribution in [3.63, 3.8) is 0 Å². The zero-order valence-corrected chi connectivity index (χ0v) is 15.1. The van der Waals surface area contributed by atoms with Crippen molar-refractivity contribution < 1.29 is 30.4 Å². The van der Waals surface area contributed by atoms with E-state index in [0.717, 1.165) is 18.4 Å². The maximum atomic E-state index is 14.1. The molecule has 9 heteroatoms. The van der Waals surface area contributed by atoms with Gasteiger partial charge in [-0.1, -0.05) is 19.1 Å². The van der Waals surface area contributed by atoms with E-state index in [1.54, 1.807) is 12.1 Å². The molecule has 0 N–H and O–H groups in total. The van der Waals surface area contributed by atoms with E-state index in [4.69, 9.17) is 0 Å². The summed E-state index contributed by atoms with van der Waals surface area (Å²) in [5, 5.41) is 0. The zero-order chi connectivity index (χ0) is 19.9. The first-order chi connectivity index (χ1) is 12.7. The lowest BCUT2D eigenvalue weighted by Crippen LogP contribution is -2.35. The van der Waals surface area contributed by atoms with Gasteiger partial charge in [-0.3, -0.25) is 4.31 Å². The van der Waals surface area contributed by atoms with Gasteiger partial charge >= 0.3 is 0 Å². The van der Waals surface area contributed by atoms with Crippen molar-refractivity contribution in [2.75, 3.05) is 10.8 Å². The minimum Gasteiger partial charge on any atom is -0.266 e. The standard InChI is InChI=1S/C18H16F5NO2S/c1-2-10-5-7-12(8-6-10)24(9-11-3-4-11)27(25,26)18-16(22)14(20)13(19)15(21)17(18)23/h5-8,11H,2-4,9H2,1H3. The fourth-order valence-electron chi connectivity index (χ4n) is 2.70. The first-order valence-electron chi connectivity index (χ1n) is 8.31. The number of hydrogen-bond acceptors (Lipinski definition) is 2. The highest BCUT2D eigenvalue weighted by Crippen LogP contribution is 2.36. The van der Waals surface area contributed by atoms with Gasteiger partial charge in [-0.2, -0.15) is 0 Å². The van der Waals surface area contributed by atoms with E-state index in [1.165, 1.54) is 12.1 Å². The van der Waals surface area contributed by atoms with E-state index >= 15 is 0 Å². The van der Waals surface area contributed by atoms with Crippen LogP contribution in [-0.4, -0.2) is 15.0 Å². The summed E-state index contributed by atoms with van der Waals surface area (Å²) in [6, 6.07) is 6.18. The van der Waals surface area contributed by atoms with Gasteiger partial charge in [0, 0.05) is 6.54 Å². The van der Waals surface area contributed by atoms with Crippen LogP contribution in [0.15, 0.2) is 29.2 Å². The highest BCUT2D eigenvalue weighted by atomic mass is 32.2. The molecule has 1 aliphatic rings. The van der Waals surface area contributed by atoms with Crippen LogP contribution in [-0.2, 0) is 16.4 Å². The normalized spacial score (nSPS) is 14.4. The molecule has 2 aromatic carbocycles. The maximum Gasteiger partial charge on any atom is 0.270 e. The molecule has 0 amide bonds. The predicted octanol–water partition coefficient (Wildman–Crippen LogP) is 4.55. The van der Waals surface area contributed by atoms with Crippen molar-refractivity contribution in [1.82, 2.24) is 0 Å². The van der Waals surface area contributed by atoms with Gasteiger partial charge in [0.2, 0.25) is 5.82 Å². The number of nitrogens with zero attached hydrogens (tertiary/aromatic N) is 1. The molecule has 0 bridgehead atoms. The van der Waals surface area contributed by atoms with Crippen LogP contribution in [0.5, 0.6) is 0 Å². The Morgan fingerprint density at radius 1 is 0.889 bits per heavy atom. The fourth-order valence-corrected chi connectivity index (χ4v) is 4.36. The quantitative estimate of drug-likeness (QED) is 0.402. The van der Waals surface area contributed by atoms with Crippen LogP contribution in [0.25, 0.3) is 0 Å². The third-order valence-corrected chi connectivity index (χ3v) is 6.29. The molecule has 0 aromatic heterocycles. The molecular formula is C18H16F5NO2S. The van der Waals surface area contributed by atoms with Crippen molar-refractivity contribution in [1.29, 1.82) is 0 Å². The molecule has 1 fully saturated rings. The number of sulfonamides is 1. The van der Waals surface area contributed by atoms with Crippen molar-refractivity contribution in [3.05, 3.63) is 58.9 Å². The van der Waals surface area contributed by atoms with Crippen LogP contribution in [0.3, 0.4) is 0 Å². The lowest BCUT2D eigenvalue weighted by Gasteiger charge is -2.25. The smallest absolute Gasteiger partial charge is 0.266 e. The SMILES string of the molecule is CCc1ccc(N(CC2CC2)S(=O)(=O)c2c(F)c(F)c(F)c(F)c2F)cc1. The molecule has 0 aliphatic heterocycles. The molecular weight excluding hydrogens is 389 g/mol. The molecule has 2 aromatic rings. The number of benzene rings is 2. The van der Waals surface area contributed by atoms with E-state index in [9.17, 15) is 30.4 Å². The summed E-state index contributed by atoms with van der Waals surface area (Å²) in [6.07, 6.45) is 2.12. The van der Waals surface area contributed by atoms with Gasteiger partial charge in [0.15, 0.2) is 28.2 Å². The van der Waals surface area contributed by atoms with Gasteiger partial charge < -0.3 is 0 Å². The Kier molecular flexibility index (Phi) is 5.16. The average Bonchev–Trinajstić information content (AvgIpc) is 3.47. The molecule has 3 nitrogen and oxygen atoms in total. The summed E-state index contributed by atoms with van der Waals surface area (Å²) in [6.45, 7) is 1.79. The number of halogens is 5. The summed E-state index contributed by atoms with van der Waals surface area (Å²) in [4.78, 5) is -1.83. The topological polar surface area (TPSA) is 37.4 Å². The second-order valence-corrected chi connectivity index (χ2v) is 8.20. The van der Waals surface area contributed by atoms with Gasteiger partial charge in [0.1, 0.15) is 0 Å². The minimum absolute atomic E-state index is 0.0353. The van der Waals surface area contributed by atoms with E-state index in [0.29, 0.717) is 10.7 Å². The van der Waals surface area contributed by atoms with E-state index in [-0.39, 0.29) is 18.2 Å². The second kappa shape index (κ2) is 7.10. The Balaban J connectivity index is 2.16. The van der Waals surface area contributed by atoms with Crippen LogP contribution < -0.4 is 4.31 Å². The Hall–Kier alpha value is -2.16. The number of anilines is 1. The van der Waals surface area contributed by atoms with Gasteiger partial charge in [-0.15, -0.1) is 0 Å². The Labute approximate surface area is 153 Å². The van der Waals surface area contributed by atoms with Crippen LogP contribution >= 0.6 is 0 Å². The van der Waals surface area contributed by atoms with Gasteiger partial charge in [-0.05, 0) is 42.9 Å². The van der Waals surface area contributed by atoms with Crippen molar-refractivity contribution in [3.8, 4) is 0 Å². The molecule has 0 unspecified atom stereocenters. The summed E-state index contributed by atoms with van der Waals surface area (Å²) in [5.74, 6) is -11.7. The zero-order valence-electron chi connectivity index (χ0n) is 14.3. The second-order valence-electron chi connectivity index (χ2n) is 6.40. The number of hydrogen-bond donors (Lipinski definition) is 0. The molecule has 3 rings (SSSR count). The average molecular weight is 405 g/mol. The lowest BCUT2D eigenvalue weighted by molar-refractivity contribution is 0.357. The molecule has 27 heavy (non-hydrogen) atoms. The van der Waals surface area contributed by atoms with Gasteiger partial charge in [0.05, 0.1) is 5.69 Å². The maximum absolute atomic E-state index is 14.1. The summed E-state index contributed by atoms with van der Waals surface area (Å²) in [7, 11) is -5.02. The Morgan fingerprint density at radius 3 is 1.81 bits per heavy atom. The predicted molar refractivity (Wildman–Crippen MR) is 89.3 cm³/mol. The summed E-state index contributed by atoms with van der Waals surface area (Å²) < 4.78 is 95.1. The first-order valence-corrected chi connectivity index (χ1v) is 9.75. The van der Waals surface area contributed by atoms with Gasteiger partial charge in [0.25, 0.3) is 10.0 Å². The molecule has 0 radical (unpaired) electrons. The van der Waals surface area contributed by atoms with Gasteiger partial charge in [-0.25, -0.2) is 30.4 Å². The highest BCUT2D eigenvalue weighted by Gasteiger charge is 2.39. The molecule has 1 aliphatic carbocycles. The van der Waals surface area contributed by atoms with Crippen LogP contribution in [0, 0.1) is 35.0 Å². The van der Waals surface area contributed by atoms with Crippen molar-refractivity contribution in [2.45, 2.75) is 31.1 Å². The monoisotopic (exact) mass is 405 g/mol.